The smallest absolute Gasteiger partial charge is 0.273 e. The van der Waals surface area contributed by atoms with Crippen molar-refractivity contribution in [3.63, 3.8) is 0 Å². The van der Waals surface area contributed by atoms with E-state index in [1.807, 2.05) is 44.4 Å². The van der Waals surface area contributed by atoms with Crippen LogP contribution in [0.15, 0.2) is 42.7 Å². The van der Waals surface area contributed by atoms with Crippen LogP contribution in [0.1, 0.15) is 21.7 Å². The Bertz CT molecular complexity index is 1430. The summed E-state index contributed by atoms with van der Waals surface area (Å²) in [6.45, 7) is 1.26. The lowest BCUT2D eigenvalue weighted by molar-refractivity contribution is 0.0958. The molecule has 4 heterocycles. The molecule has 6 bridgehead atoms. The number of nitrogens with one attached hydrogen (secondary N) is 3. The SMILES string of the molecule is CNC(=O)c1nnc2cc1Nc1cc(cc(-c3ncn(C)n3)c1OC)CN(C)Cc1cccc(n1)N2. The molecule has 1 aliphatic rings. The van der Waals surface area contributed by atoms with Gasteiger partial charge in [-0.05, 0) is 36.9 Å². The number of carbonyl (C=O) groups excluding carboxylic acids is 1. The summed E-state index contributed by atoms with van der Waals surface area (Å²) in [6.07, 6.45) is 1.64. The van der Waals surface area contributed by atoms with Gasteiger partial charge in [0.25, 0.3) is 5.91 Å². The van der Waals surface area contributed by atoms with Gasteiger partial charge in [0, 0.05) is 33.3 Å². The predicted octanol–water partition coefficient (Wildman–Crippen LogP) is 2.47. The van der Waals surface area contributed by atoms with Gasteiger partial charge < -0.3 is 20.7 Å². The minimum atomic E-state index is -0.376. The average Bonchev–Trinajstić information content (AvgIpc) is 3.29. The lowest BCUT2D eigenvalue weighted by atomic mass is 10.1. The third-order valence-electron chi connectivity index (χ3n) is 5.65. The molecule has 36 heavy (non-hydrogen) atoms. The molecular weight excluding hydrogens is 460 g/mol. The second-order valence-corrected chi connectivity index (χ2v) is 8.47. The number of ether oxygens (including phenoxy) is 1. The normalized spacial score (nSPS) is 13.2. The highest BCUT2D eigenvalue weighted by molar-refractivity contribution is 5.99. The van der Waals surface area contributed by atoms with Crippen LogP contribution in [0.5, 0.6) is 5.75 Å². The van der Waals surface area contributed by atoms with Crippen LogP contribution in [0.4, 0.5) is 23.0 Å². The van der Waals surface area contributed by atoms with E-state index < -0.39 is 0 Å². The quantitative estimate of drug-likeness (QED) is 0.396. The van der Waals surface area contributed by atoms with E-state index in [2.05, 4.69) is 41.1 Å². The third kappa shape index (κ3) is 4.66. The zero-order valence-corrected chi connectivity index (χ0v) is 20.4. The molecule has 12 heteroatoms. The maximum atomic E-state index is 12.6. The molecule has 0 aliphatic carbocycles. The van der Waals surface area contributed by atoms with Gasteiger partial charge >= 0.3 is 0 Å². The molecular formula is C24H26N10O2. The molecule has 0 saturated heterocycles. The number of rotatable bonds is 3. The first kappa shape index (κ1) is 23.2. The van der Waals surface area contributed by atoms with Crippen molar-refractivity contribution in [2.75, 3.05) is 31.8 Å². The van der Waals surface area contributed by atoms with Crippen LogP contribution in [0.25, 0.3) is 11.4 Å². The largest absolute Gasteiger partial charge is 0.494 e. The Morgan fingerprint density at radius 1 is 1.06 bits per heavy atom. The number of pyridine rings is 1. The van der Waals surface area contributed by atoms with Crippen LogP contribution in [0, 0.1) is 0 Å². The van der Waals surface area contributed by atoms with Crippen molar-refractivity contribution in [3.8, 4) is 17.1 Å². The van der Waals surface area contributed by atoms with Crippen molar-refractivity contribution >= 4 is 28.9 Å². The third-order valence-corrected chi connectivity index (χ3v) is 5.65. The molecule has 0 fully saturated rings. The van der Waals surface area contributed by atoms with Gasteiger partial charge in [0.2, 0.25) is 0 Å². The average molecular weight is 487 g/mol. The molecule has 184 valence electrons. The standard InChI is InChI=1S/C24H26N10O2/c1-25-24(35)21-17-10-20(30-31-21)29-19-7-5-6-15(27-19)12-33(2)11-14-8-16(23-26-13-34(3)32-23)22(36-4)18(9-14)28-17/h5-10,13,28H,11-12H2,1-4H3,(H,25,35)(H,27,29,30). The summed E-state index contributed by atoms with van der Waals surface area (Å²) < 4.78 is 7.46. The lowest BCUT2D eigenvalue weighted by Crippen LogP contribution is -2.22. The Morgan fingerprint density at radius 3 is 2.67 bits per heavy atom. The van der Waals surface area contributed by atoms with Crippen LogP contribution in [-0.2, 0) is 20.1 Å². The molecule has 0 radical (unpaired) electrons. The molecule has 5 rings (SSSR count). The number of anilines is 4. The van der Waals surface area contributed by atoms with E-state index in [0.29, 0.717) is 47.7 Å². The number of hydrogen-bond donors (Lipinski definition) is 3. The van der Waals surface area contributed by atoms with E-state index in [9.17, 15) is 4.79 Å². The number of aryl methyl sites for hydroxylation is 1. The highest BCUT2D eigenvalue weighted by Crippen LogP contribution is 2.39. The lowest BCUT2D eigenvalue weighted by Gasteiger charge is -2.21. The minimum absolute atomic E-state index is 0.138. The zero-order chi connectivity index (χ0) is 25.2. The van der Waals surface area contributed by atoms with Crippen molar-refractivity contribution in [1.82, 2.24) is 40.2 Å². The van der Waals surface area contributed by atoms with E-state index in [-0.39, 0.29) is 11.6 Å². The first-order chi connectivity index (χ1) is 17.4. The van der Waals surface area contributed by atoms with Crippen molar-refractivity contribution in [3.05, 3.63) is 59.7 Å². The number of benzene rings is 1. The highest BCUT2D eigenvalue weighted by Gasteiger charge is 2.21. The van der Waals surface area contributed by atoms with Crippen LogP contribution in [0.3, 0.4) is 0 Å². The van der Waals surface area contributed by atoms with E-state index in [1.54, 1.807) is 31.2 Å². The topological polar surface area (TPSA) is 135 Å². The van der Waals surface area contributed by atoms with Crippen LogP contribution < -0.4 is 20.7 Å². The number of amides is 1. The Morgan fingerprint density at radius 2 is 1.92 bits per heavy atom. The molecule has 1 aliphatic heterocycles. The fourth-order valence-electron chi connectivity index (χ4n) is 4.11. The first-order valence-corrected chi connectivity index (χ1v) is 11.3. The maximum Gasteiger partial charge on any atom is 0.273 e. The molecule has 0 spiro atoms. The summed E-state index contributed by atoms with van der Waals surface area (Å²) in [6, 6.07) is 11.5. The molecule has 1 amide bonds. The van der Waals surface area contributed by atoms with E-state index in [4.69, 9.17) is 9.72 Å². The van der Waals surface area contributed by atoms with E-state index in [0.717, 1.165) is 16.8 Å². The molecule has 0 unspecified atom stereocenters. The molecule has 12 nitrogen and oxygen atoms in total. The molecule has 3 N–H and O–H groups in total. The summed E-state index contributed by atoms with van der Waals surface area (Å²) in [7, 11) is 6.98. The predicted molar refractivity (Wildman–Crippen MR) is 134 cm³/mol. The summed E-state index contributed by atoms with van der Waals surface area (Å²) in [4.78, 5) is 23.9. The number of nitrogens with zero attached hydrogens (tertiary/aromatic N) is 7. The molecule has 1 aromatic carbocycles. The van der Waals surface area contributed by atoms with Gasteiger partial charge in [0.15, 0.2) is 23.1 Å². The summed E-state index contributed by atoms with van der Waals surface area (Å²) in [5.41, 5.74) is 3.85. The zero-order valence-electron chi connectivity index (χ0n) is 20.4. The molecule has 4 aromatic rings. The molecule has 0 atom stereocenters. The van der Waals surface area contributed by atoms with Gasteiger partial charge in [-0.3, -0.25) is 14.4 Å². The Kier molecular flexibility index (Phi) is 6.17. The van der Waals surface area contributed by atoms with Gasteiger partial charge in [-0.25, -0.2) is 9.97 Å². The van der Waals surface area contributed by atoms with Crippen LogP contribution in [-0.4, -0.2) is 62.0 Å². The second kappa shape index (κ2) is 9.58. The fourth-order valence-corrected chi connectivity index (χ4v) is 4.11. The number of fused-ring (bicyclic) bond motifs is 6. The van der Waals surface area contributed by atoms with Crippen molar-refractivity contribution in [2.24, 2.45) is 7.05 Å². The number of methoxy groups -OCH3 is 1. The van der Waals surface area contributed by atoms with Gasteiger partial charge in [-0.2, -0.15) is 5.10 Å². The van der Waals surface area contributed by atoms with Crippen molar-refractivity contribution in [2.45, 2.75) is 13.1 Å². The number of carbonyl (C=O) groups is 1. The minimum Gasteiger partial charge on any atom is -0.494 e. The van der Waals surface area contributed by atoms with Gasteiger partial charge in [-0.1, -0.05) is 6.07 Å². The second-order valence-electron chi connectivity index (χ2n) is 8.47. The van der Waals surface area contributed by atoms with Gasteiger partial charge in [0.1, 0.15) is 12.1 Å². The van der Waals surface area contributed by atoms with Gasteiger partial charge in [-0.15, -0.1) is 10.2 Å². The van der Waals surface area contributed by atoms with Gasteiger partial charge in [0.05, 0.1) is 29.7 Å². The molecule has 3 aromatic heterocycles. The Labute approximate surface area is 207 Å². The van der Waals surface area contributed by atoms with E-state index >= 15 is 0 Å². The summed E-state index contributed by atoms with van der Waals surface area (Å²) >= 11 is 0. The molecule has 0 saturated carbocycles. The Hall–Kier alpha value is -4.58. The first-order valence-electron chi connectivity index (χ1n) is 11.3. The maximum absolute atomic E-state index is 12.6. The number of hydrogen-bond acceptors (Lipinski definition) is 10. The van der Waals surface area contributed by atoms with E-state index in [1.165, 1.54) is 0 Å². The highest BCUT2D eigenvalue weighted by atomic mass is 16.5. The Balaban J connectivity index is 1.71. The fraction of sp³-hybridized carbons (Fsp3) is 0.250. The van der Waals surface area contributed by atoms with Crippen LogP contribution >= 0.6 is 0 Å². The monoisotopic (exact) mass is 486 g/mol. The van der Waals surface area contributed by atoms with Crippen molar-refractivity contribution < 1.29 is 9.53 Å². The summed E-state index contributed by atoms with van der Waals surface area (Å²) in [5.74, 6) is 1.76. The van der Waals surface area contributed by atoms with Crippen LogP contribution in [0.2, 0.25) is 0 Å². The number of aromatic nitrogens is 6. The summed E-state index contributed by atoms with van der Waals surface area (Å²) in [5, 5.41) is 22.0. The van der Waals surface area contributed by atoms with Crippen molar-refractivity contribution in [1.29, 1.82) is 0 Å².